The highest BCUT2D eigenvalue weighted by molar-refractivity contribution is 5.96. The van der Waals surface area contributed by atoms with Gasteiger partial charge < -0.3 is 14.8 Å². The molecule has 0 aromatic heterocycles. The van der Waals surface area contributed by atoms with Crippen LogP contribution in [0, 0.1) is 0 Å². The van der Waals surface area contributed by atoms with Crippen LogP contribution >= 0.6 is 0 Å². The third-order valence-corrected chi connectivity index (χ3v) is 3.87. The minimum atomic E-state index is -0.816. The average molecular weight is 369 g/mol. The summed E-state index contributed by atoms with van der Waals surface area (Å²) in [5.41, 5.74) is 1.57. The summed E-state index contributed by atoms with van der Waals surface area (Å²) in [6.45, 7) is 5.26. The monoisotopic (exact) mass is 369 g/mol. The summed E-state index contributed by atoms with van der Waals surface area (Å²) in [6, 6.07) is 12.8. The molecule has 0 saturated carbocycles. The van der Waals surface area contributed by atoms with Gasteiger partial charge in [0, 0.05) is 16.7 Å². The Bertz CT molecular complexity index is 817. The van der Waals surface area contributed by atoms with Crippen molar-refractivity contribution < 1.29 is 23.9 Å². The smallest absolute Gasteiger partial charge is 0.328 e. The molecule has 0 radical (unpaired) electrons. The molecule has 0 aliphatic rings. The first-order valence-electron chi connectivity index (χ1n) is 8.71. The molecule has 0 aliphatic carbocycles. The van der Waals surface area contributed by atoms with Gasteiger partial charge in [-0.3, -0.25) is 9.59 Å². The minimum absolute atomic E-state index is 0.0547. The lowest BCUT2D eigenvalue weighted by Gasteiger charge is -2.15. The van der Waals surface area contributed by atoms with Crippen LogP contribution in [0.25, 0.3) is 0 Å². The third kappa shape index (κ3) is 5.67. The maximum Gasteiger partial charge on any atom is 0.328 e. The number of Topliss-reactive ketones (excluding diaryl/α,β-unsaturated/α-hetero) is 1. The summed E-state index contributed by atoms with van der Waals surface area (Å²) in [5, 5.41) is 2.60. The maximum absolute atomic E-state index is 12.2. The summed E-state index contributed by atoms with van der Waals surface area (Å²) in [6.07, 6.45) is 0. The number of hydrogen-bond donors (Lipinski definition) is 1. The van der Waals surface area contributed by atoms with E-state index in [1.54, 1.807) is 55.5 Å². The zero-order valence-corrected chi connectivity index (χ0v) is 15.7. The van der Waals surface area contributed by atoms with Gasteiger partial charge in [-0.2, -0.15) is 0 Å². The van der Waals surface area contributed by atoms with E-state index in [1.165, 1.54) is 6.92 Å². The van der Waals surface area contributed by atoms with Gasteiger partial charge in [-0.15, -0.1) is 0 Å². The van der Waals surface area contributed by atoms with E-state index >= 15 is 0 Å². The van der Waals surface area contributed by atoms with E-state index < -0.39 is 12.0 Å². The van der Waals surface area contributed by atoms with Crippen molar-refractivity contribution >= 4 is 17.7 Å². The van der Waals surface area contributed by atoms with Crippen LogP contribution in [0.3, 0.4) is 0 Å². The topological polar surface area (TPSA) is 81.7 Å². The fourth-order valence-corrected chi connectivity index (χ4v) is 2.41. The van der Waals surface area contributed by atoms with Crippen LogP contribution in [0.5, 0.6) is 5.75 Å². The summed E-state index contributed by atoms with van der Waals surface area (Å²) >= 11 is 0. The second-order valence-electron chi connectivity index (χ2n) is 5.98. The first-order chi connectivity index (χ1) is 12.9. The molecule has 0 heterocycles. The molecule has 0 bridgehead atoms. The molecular weight excluding hydrogens is 346 g/mol. The largest absolute Gasteiger partial charge is 0.493 e. The minimum Gasteiger partial charge on any atom is -0.493 e. The first-order valence-corrected chi connectivity index (χ1v) is 8.71. The lowest BCUT2D eigenvalue weighted by Crippen LogP contribution is -2.39. The van der Waals surface area contributed by atoms with Gasteiger partial charge in [0.05, 0.1) is 6.61 Å². The van der Waals surface area contributed by atoms with Crippen molar-refractivity contribution in [1.82, 2.24) is 5.32 Å². The van der Waals surface area contributed by atoms with Gasteiger partial charge in [-0.1, -0.05) is 18.2 Å². The Kier molecular flexibility index (Phi) is 7.11. The lowest BCUT2D eigenvalue weighted by molar-refractivity contribution is -0.146. The number of carbonyl (C=O) groups is 3. The summed E-state index contributed by atoms with van der Waals surface area (Å²) in [7, 11) is 0. The van der Waals surface area contributed by atoms with E-state index in [0.29, 0.717) is 29.0 Å². The highest BCUT2D eigenvalue weighted by Crippen LogP contribution is 2.22. The molecule has 1 atom stereocenters. The molecule has 0 unspecified atom stereocenters. The Morgan fingerprint density at radius 1 is 1.04 bits per heavy atom. The molecule has 27 heavy (non-hydrogen) atoms. The number of amides is 1. The predicted molar refractivity (Wildman–Crippen MR) is 101 cm³/mol. The second kappa shape index (κ2) is 9.52. The van der Waals surface area contributed by atoms with Crippen molar-refractivity contribution in [3.8, 4) is 5.75 Å². The van der Waals surface area contributed by atoms with Crippen molar-refractivity contribution in [2.24, 2.45) is 0 Å². The van der Waals surface area contributed by atoms with Gasteiger partial charge in [-0.25, -0.2) is 4.79 Å². The van der Waals surface area contributed by atoms with Crippen LogP contribution in [-0.2, 0) is 16.1 Å². The van der Waals surface area contributed by atoms with Crippen molar-refractivity contribution in [2.75, 3.05) is 6.61 Å². The second-order valence-corrected chi connectivity index (χ2v) is 5.98. The Labute approximate surface area is 158 Å². The number of carbonyl (C=O) groups excluding carboxylic acids is 3. The number of rotatable bonds is 8. The fraction of sp³-hybridized carbons (Fsp3) is 0.286. The van der Waals surface area contributed by atoms with E-state index in [1.807, 2.05) is 6.92 Å². The number of nitrogens with one attached hydrogen (secondary N) is 1. The Balaban J connectivity index is 2.00. The number of benzene rings is 2. The summed E-state index contributed by atoms with van der Waals surface area (Å²) in [5.74, 6) is -0.464. The first kappa shape index (κ1) is 20.2. The number of ketones is 1. The highest BCUT2D eigenvalue weighted by Gasteiger charge is 2.19. The van der Waals surface area contributed by atoms with Gasteiger partial charge in [0.2, 0.25) is 0 Å². The Morgan fingerprint density at radius 3 is 2.37 bits per heavy atom. The molecular formula is C21H23NO5. The van der Waals surface area contributed by atoms with E-state index in [4.69, 9.17) is 9.47 Å². The van der Waals surface area contributed by atoms with E-state index in [2.05, 4.69) is 5.32 Å². The van der Waals surface area contributed by atoms with Crippen LogP contribution < -0.4 is 10.1 Å². The van der Waals surface area contributed by atoms with Gasteiger partial charge in [0.1, 0.15) is 18.4 Å². The molecule has 6 heteroatoms. The van der Waals surface area contributed by atoms with Crippen molar-refractivity contribution in [3.63, 3.8) is 0 Å². The fourth-order valence-electron chi connectivity index (χ4n) is 2.41. The van der Waals surface area contributed by atoms with Crippen LogP contribution in [0.1, 0.15) is 47.1 Å². The lowest BCUT2D eigenvalue weighted by atomic mass is 10.1. The molecule has 1 amide bonds. The zero-order valence-electron chi connectivity index (χ0n) is 15.7. The molecule has 0 fully saturated rings. The molecule has 2 aromatic rings. The SMILES string of the molecule is CCOc1ccc(C(C)=O)cc1COC(=O)[C@@H](C)NC(=O)c1ccccc1. The standard InChI is InChI=1S/C21H23NO5/c1-4-26-19-11-10-17(15(3)23)12-18(19)13-27-21(25)14(2)22-20(24)16-8-6-5-7-9-16/h5-12,14H,4,13H2,1-3H3,(H,22,24)/t14-/m1/s1. The Hall–Kier alpha value is -3.15. The normalized spacial score (nSPS) is 11.4. The maximum atomic E-state index is 12.2. The third-order valence-electron chi connectivity index (χ3n) is 3.87. The summed E-state index contributed by atoms with van der Waals surface area (Å²) < 4.78 is 10.8. The van der Waals surface area contributed by atoms with E-state index in [0.717, 1.165) is 0 Å². The van der Waals surface area contributed by atoms with Crippen molar-refractivity contribution in [2.45, 2.75) is 33.4 Å². The molecule has 1 N–H and O–H groups in total. The molecule has 0 aliphatic heterocycles. The summed E-state index contributed by atoms with van der Waals surface area (Å²) in [4.78, 5) is 35.9. The van der Waals surface area contributed by atoms with Crippen molar-refractivity contribution in [3.05, 3.63) is 65.2 Å². The van der Waals surface area contributed by atoms with Gasteiger partial charge in [-0.05, 0) is 51.1 Å². The van der Waals surface area contributed by atoms with Gasteiger partial charge in [0.25, 0.3) is 5.91 Å². The van der Waals surface area contributed by atoms with Gasteiger partial charge >= 0.3 is 5.97 Å². The van der Waals surface area contributed by atoms with E-state index in [-0.39, 0.29) is 18.3 Å². The predicted octanol–water partition coefficient (Wildman–Crippen LogP) is 3.15. The van der Waals surface area contributed by atoms with Crippen molar-refractivity contribution in [1.29, 1.82) is 0 Å². The van der Waals surface area contributed by atoms with E-state index in [9.17, 15) is 14.4 Å². The van der Waals surface area contributed by atoms with Crippen LogP contribution in [0.4, 0.5) is 0 Å². The quantitative estimate of drug-likeness (QED) is 0.571. The molecule has 2 rings (SSSR count). The molecule has 0 saturated heterocycles. The average Bonchev–Trinajstić information content (AvgIpc) is 2.67. The van der Waals surface area contributed by atoms with Crippen LogP contribution in [0.15, 0.2) is 48.5 Å². The molecule has 6 nitrogen and oxygen atoms in total. The highest BCUT2D eigenvalue weighted by atomic mass is 16.5. The number of esters is 1. The zero-order chi connectivity index (χ0) is 19.8. The molecule has 2 aromatic carbocycles. The Morgan fingerprint density at radius 2 is 1.74 bits per heavy atom. The molecule has 0 spiro atoms. The van der Waals surface area contributed by atoms with Gasteiger partial charge in [0.15, 0.2) is 5.78 Å². The number of ether oxygens (including phenoxy) is 2. The van der Waals surface area contributed by atoms with Crippen LogP contribution in [-0.4, -0.2) is 30.3 Å². The van der Waals surface area contributed by atoms with Crippen LogP contribution in [0.2, 0.25) is 0 Å². The molecule has 142 valence electrons. The number of hydrogen-bond acceptors (Lipinski definition) is 5.